The smallest absolute Gasteiger partial charge is 0.255 e. The average molecular weight is 349 g/mol. The molecule has 1 aromatic rings. The minimum atomic E-state index is -0.237. The van der Waals surface area contributed by atoms with Crippen molar-refractivity contribution in [2.24, 2.45) is 0 Å². The molecular weight excluding hydrogens is 320 g/mol. The fourth-order valence-corrected chi connectivity index (χ4v) is 4.31. The Kier molecular flexibility index (Phi) is 5.11. The van der Waals surface area contributed by atoms with Gasteiger partial charge in [0.1, 0.15) is 11.4 Å². The maximum Gasteiger partial charge on any atom is 0.255 e. The zero-order chi connectivity index (χ0) is 17.3. The molecule has 0 aliphatic carbocycles. The number of hydrogen-bond donors (Lipinski definition) is 1. The second kappa shape index (κ2) is 6.96. The standard InChI is InChI=1S/C19H28N2O2S/c1-5-21-8-6-7-14(21)12-20-18(22)16-10-15(24-4)9-13-11-19(2,3)23-17(13)16/h9-10,14H,5-8,11-12H2,1-4H3,(H,20,22). The molecule has 0 saturated carbocycles. The van der Waals surface area contributed by atoms with Crippen LogP contribution in [-0.4, -0.2) is 48.3 Å². The van der Waals surface area contributed by atoms with Gasteiger partial charge in [-0.25, -0.2) is 0 Å². The Morgan fingerprint density at radius 3 is 2.96 bits per heavy atom. The molecular formula is C19H28N2O2S. The molecule has 0 aromatic heterocycles. The number of carbonyl (C=O) groups is 1. The normalized spacial score (nSPS) is 22.2. The van der Waals surface area contributed by atoms with Gasteiger partial charge in [-0.3, -0.25) is 9.69 Å². The number of rotatable bonds is 5. The number of likely N-dealkylation sites (tertiary alicyclic amines) is 1. The van der Waals surface area contributed by atoms with E-state index in [9.17, 15) is 4.79 Å². The van der Waals surface area contributed by atoms with Gasteiger partial charge in [0.2, 0.25) is 0 Å². The van der Waals surface area contributed by atoms with Crippen molar-refractivity contribution >= 4 is 17.7 Å². The van der Waals surface area contributed by atoms with Crippen molar-refractivity contribution in [2.45, 2.75) is 56.6 Å². The van der Waals surface area contributed by atoms with E-state index in [0.717, 1.165) is 35.7 Å². The van der Waals surface area contributed by atoms with Crippen molar-refractivity contribution < 1.29 is 9.53 Å². The van der Waals surface area contributed by atoms with Crippen LogP contribution in [0.5, 0.6) is 5.75 Å². The highest BCUT2D eigenvalue weighted by Crippen LogP contribution is 2.40. The van der Waals surface area contributed by atoms with Gasteiger partial charge in [0.25, 0.3) is 5.91 Å². The minimum absolute atomic E-state index is 0.0113. The number of benzene rings is 1. The first kappa shape index (κ1) is 17.6. The number of ether oxygens (including phenoxy) is 1. The van der Waals surface area contributed by atoms with E-state index in [2.05, 4.69) is 37.1 Å². The van der Waals surface area contributed by atoms with Crippen molar-refractivity contribution in [3.63, 3.8) is 0 Å². The van der Waals surface area contributed by atoms with Gasteiger partial charge >= 0.3 is 0 Å². The number of carbonyl (C=O) groups excluding carboxylic acids is 1. The number of amides is 1. The Bertz CT molecular complexity index is 630. The van der Waals surface area contributed by atoms with E-state index in [1.54, 1.807) is 11.8 Å². The van der Waals surface area contributed by atoms with Gasteiger partial charge in [-0.2, -0.15) is 0 Å². The maximum atomic E-state index is 12.8. The highest BCUT2D eigenvalue weighted by Gasteiger charge is 2.34. The summed E-state index contributed by atoms with van der Waals surface area (Å²) in [6.45, 7) is 9.25. The van der Waals surface area contributed by atoms with Gasteiger partial charge in [0.05, 0.1) is 5.56 Å². The van der Waals surface area contributed by atoms with Crippen molar-refractivity contribution in [3.8, 4) is 5.75 Å². The van der Waals surface area contributed by atoms with Gasteiger partial charge < -0.3 is 10.1 Å². The first-order chi connectivity index (χ1) is 11.4. The fraction of sp³-hybridized carbons (Fsp3) is 0.632. The number of fused-ring (bicyclic) bond motifs is 1. The summed E-state index contributed by atoms with van der Waals surface area (Å²) in [5.74, 6) is 0.761. The average Bonchev–Trinajstić information content (AvgIpc) is 3.12. The van der Waals surface area contributed by atoms with Crippen LogP contribution in [0, 0.1) is 0 Å². The predicted molar refractivity (Wildman–Crippen MR) is 99.2 cm³/mol. The maximum absolute atomic E-state index is 12.8. The molecule has 2 heterocycles. The molecule has 4 nitrogen and oxygen atoms in total. The lowest BCUT2D eigenvalue weighted by Crippen LogP contribution is -2.40. The first-order valence-electron chi connectivity index (χ1n) is 8.85. The van der Waals surface area contributed by atoms with Gasteiger partial charge in [-0.15, -0.1) is 11.8 Å². The summed E-state index contributed by atoms with van der Waals surface area (Å²) in [5, 5.41) is 3.14. The van der Waals surface area contributed by atoms with Crippen LogP contribution >= 0.6 is 11.8 Å². The lowest BCUT2D eigenvalue weighted by Gasteiger charge is -2.23. The van der Waals surface area contributed by atoms with E-state index in [4.69, 9.17) is 4.74 Å². The molecule has 5 heteroatoms. The van der Waals surface area contributed by atoms with Crippen LogP contribution in [0.3, 0.4) is 0 Å². The molecule has 1 amide bonds. The van der Waals surface area contributed by atoms with E-state index in [1.807, 2.05) is 12.3 Å². The number of nitrogens with one attached hydrogen (secondary N) is 1. The van der Waals surface area contributed by atoms with Gasteiger partial charge in [0.15, 0.2) is 0 Å². The fourth-order valence-electron chi connectivity index (χ4n) is 3.82. The van der Waals surface area contributed by atoms with Gasteiger partial charge in [-0.05, 0) is 58.2 Å². The molecule has 1 atom stereocenters. The third-order valence-corrected chi connectivity index (χ3v) is 5.72. The van der Waals surface area contributed by atoms with E-state index < -0.39 is 0 Å². The van der Waals surface area contributed by atoms with Crippen molar-refractivity contribution in [1.82, 2.24) is 10.2 Å². The summed E-state index contributed by atoms with van der Waals surface area (Å²) in [6.07, 6.45) is 5.29. The second-order valence-electron chi connectivity index (χ2n) is 7.34. The summed E-state index contributed by atoms with van der Waals surface area (Å²) in [6, 6.07) is 4.58. The Morgan fingerprint density at radius 2 is 2.25 bits per heavy atom. The predicted octanol–water partition coefficient (Wildman–Crippen LogP) is 3.34. The molecule has 0 bridgehead atoms. The van der Waals surface area contributed by atoms with Crippen LogP contribution in [0.1, 0.15) is 49.5 Å². The van der Waals surface area contributed by atoms with E-state index in [0.29, 0.717) is 18.2 Å². The summed E-state index contributed by atoms with van der Waals surface area (Å²) in [4.78, 5) is 16.4. The molecule has 132 valence electrons. The third-order valence-electron chi connectivity index (χ3n) is 5.02. The molecule has 1 N–H and O–H groups in total. The first-order valence-corrected chi connectivity index (χ1v) is 10.1. The Balaban J connectivity index is 1.76. The van der Waals surface area contributed by atoms with Crippen LogP contribution in [0.15, 0.2) is 17.0 Å². The molecule has 2 aliphatic rings. The highest BCUT2D eigenvalue weighted by molar-refractivity contribution is 7.98. The molecule has 3 rings (SSSR count). The lowest BCUT2D eigenvalue weighted by molar-refractivity contribution is 0.0927. The topological polar surface area (TPSA) is 41.6 Å². The number of nitrogens with zero attached hydrogens (tertiary/aromatic N) is 1. The van der Waals surface area contributed by atoms with Crippen molar-refractivity contribution in [3.05, 3.63) is 23.3 Å². The van der Waals surface area contributed by atoms with Crippen molar-refractivity contribution in [2.75, 3.05) is 25.9 Å². The van der Waals surface area contributed by atoms with E-state index >= 15 is 0 Å². The van der Waals surface area contributed by atoms with Crippen LogP contribution in [0.25, 0.3) is 0 Å². The SMILES string of the molecule is CCN1CCCC1CNC(=O)c1cc(SC)cc2c1OC(C)(C)C2. The molecule has 1 unspecified atom stereocenters. The third kappa shape index (κ3) is 3.57. The molecule has 1 aromatic carbocycles. The summed E-state index contributed by atoms with van der Waals surface area (Å²) >= 11 is 1.67. The van der Waals surface area contributed by atoms with Crippen molar-refractivity contribution in [1.29, 1.82) is 0 Å². The molecule has 0 radical (unpaired) electrons. The zero-order valence-corrected chi connectivity index (χ0v) is 16.0. The molecule has 1 fully saturated rings. The Morgan fingerprint density at radius 1 is 1.46 bits per heavy atom. The van der Waals surface area contributed by atoms with E-state index in [1.165, 1.54) is 12.8 Å². The quantitative estimate of drug-likeness (QED) is 0.829. The van der Waals surface area contributed by atoms with Gasteiger partial charge in [0, 0.05) is 29.5 Å². The Hall–Kier alpha value is -1.20. The molecule has 2 aliphatic heterocycles. The molecule has 0 spiro atoms. The van der Waals surface area contributed by atoms with Crippen LogP contribution in [0.4, 0.5) is 0 Å². The summed E-state index contributed by atoms with van der Waals surface area (Å²) in [5.41, 5.74) is 1.59. The zero-order valence-electron chi connectivity index (χ0n) is 15.1. The second-order valence-corrected chi connectivity index (χ2v) is 8.22. The summed E-state index contributed by atoms with van der Waals surface area (Å²) < 4.78 is 6.08. The van der Waals surface area contributed by atoms with Crippen LogP contribution in [0.2, 0.25) is 0 Å². The van der Waals surface area contributed by atoms with Crippen LogP contribution < -0.4 is 10.1 Å². The van der Waals surface area contributed by atoms with E-state index in [-0.39, 0.29) is 11.5 Å². The molecule has 24 heavy (non-hydrogen) atoms. The molecule has 1 saturated heterocycles. The Labute approximate surface area is 149 Å². The number of hydrogen-bond acceptors (Lipinski definition) is 4. The lowest BCUT2D eigenvalue weighted by atomic mass is 10.0. The highest BCUT2D eigenvalue weighted by atomic mass is 32.2. The largest absolute Gasteiger partial charge is 0.486 e. The summed E-state index contributed by atoms with van der Waals surface area (Å²) in [7, 11) is 0. The van der Waals surface area contributed by atoms with Crippen LogP contribution in [-0.2, 0) is 6.42 Å². The monoisotopic (exact) mass is 348 g/mol. The number of thioether (sulfide) groups is 1. The van der Waals surface area contributed by atoms with Gasteiger partial charge in [-0.1, -0.05) is 6.92 Å². The minimum Gasteiger partial charge on any atom is -0.486 e. The number of likely N-dealkylation sites (N-methyl/N-ethyl adjacent to an activating group) is 1.